The monoisotopic (exact) mass is 183 g/mol. The molecule has 0 aliphatic carbocycles. The average Bonchev–Trinajstić information content (AvgIpc) is 1.87. The van der Waals surface area contributed by atoms with Crippen LogP contribution in [0.15, 0.2) is 25.3 Å². The molecule has 3 nitrogen and oxygen atoms in total. The second-order valence-corrected chi connectivity index (χ2v) is 2.70. The first kappa shape index (κ1) is 14.6. The Balaban J connectivity index is -0.000000500. The third-order valence-electron chi connectivity index (χ3n) is 1.10. The molecule has 0 aromatic rings. The minimum atomic E-state index is -2.51. The molecular weight excluding hydrogens is 170 g/mol. The van der Waals surface area contributed by atoms with Crippen LogP contribution in [0.5, 0.6) is 0 Å². The van der Waals surface area contributed by atoms with Crippen molar-refractivity contribution >= 4 is 8.25 Å². The molecule has 0 aromatic carbocycles. The number of hydrogen-bond acceptors (Lipinski definition) is 2. The fourth-order valence-electron chi connectivity index (χ4n) is 0.682. The molecule has 0 radical (unpaired) electrons. The summed E-state index contributed by atoms with van der Waals surface area (Å²) in [5, 5.41) is 0. The van der Waals surface area contributed by atoms with Crippen molar-refractivity contribution < 1.29 is 34.3 Å². The van der Waals surface area contributed by atoms with Gasteiger partial charge in [0, 0.05) is 4.57 Å². The van der Waals surface area contributed by atoms with E-state index < -0.39 is 8.25 Å². The molecule has 1 N–H and O–H groups in total. The predicted molar refractivity (Wildman–Crippen MR) is 45.4 cm³/mol. The summed E-state index contributed by atoms with van der Waals surface area (Å²) in [7, 11) is -2.51. The van der Waals surface area contributed by atoms with Crippen LogP contribution in [-0.2, 0) is 9.09 Å². The van der Waals surface area contributed by atoms with Crippen molar-refractivity contribution in [3.8, 4) is 0 Å². The van der Waals surface area contributed by atoms with Gasteiger partial charge in [-0.1, -0.05) is 12.2 Å². The van der Waals surface area contributed by atoms with Gasteiger partial charge >= 0.3 is 27.1 Å². The zero-order valence-corrected chi connectivity index (χ0v) is 8.17. The summed E-state index contributed by atoms with van der Waals surface area (Å²) in [6.07, 6.45) is 4.15. The van der Waals surface area contributed by atoms with Crippen LogP contribution in [0.4, 0.5) is 0 Å². The Hall–Kier alpha value is 0.0974. The molecule has 0 amide bonds. The van der Waals surface area contributed by atoms with Gasteiger partial charge in [0.15, 0.2) is 0 Å². The molecule has 0 heterocycles. The van der Waals surface area contributed by atoms with E-state index in [1.807, 2.05) is 0 Å². The van der Waals surface area contributed by atoms with Crippen LogP contribution in [0.25, 0.3) is 0 Å². The summed E-state index contributed by atoms with van der Waals surface area (Å²) < 4.78 is 14.9. The van der Waals surface area contributed by atoms with E-state index in [4.69, 9.17) is 4.89 Å². The van der Waals surface area contributed by atoms with Gasteiger partial charge in [0.1, 0.15) is 6.10 Å². The van der Waals surface area contributed by atoms with Crippen LogP contribution in [0, 0.1) is 0 Å². The standard InChI is InChI=1S/C7H11O3P.Li.H/c1-3-5-7(6-4-2)10-11(8)9;;/h3-4,7H,1-2,5-6H2;;/q;+1;-1/p+1. The summed E-state index contributed by atoms with van der Waals surface area (Å²) in [5.41, 5.74) is 0. The molecular formula is C7H13LiO3P+. The predicted octanol–water partition coefficient (Wildman–Crippen LogP) is -0.710. The van der Waals surface area contributed by atoms with E-state index in [9.17, 15) is 4.57 Å². The van der Waals surface area contributed by atoms with Crippen molar-refractivity contribution in [1.82, 2.24) is 0 Å². The van der Waals surface area contributed by atoms with E-state index in [1.165, 1.54) is 0 Å². The van der Waals surface area contributed by atoms with Crippen molar-refractivity contribution in [3.63, 3.8) is 0 Å². The van der Waals surface area contributed by atoms with Gasteiger partial charge in [-0.05, 0) is 12.8 Å². The molecule has 0 aliphatic heterocycles. The van der Waals surface area contributed by atoms with Gasteiger partial charge < -0.3 is 1.43 Å². The molecule has 12 heavy (non-hydrogen) atoms. The van der Waals surface area contributed by atoms with Crippen LogP contribution in [0.1, 0.15) is 14.3 Å². The Bertz CT molecular complexity index is 156. The summed E-state index contributed by atoms with van der Waals surface area (Å²) in [4.78, 5) is 8.39. The van der Waals surface area contributed by atoms with Crippen molar-refractivity contribution in [2.24, 2.45) is 0 Å². The minimum absolute atomic E-state index is 0. The smallest absolute Gasteiger partial charge is 1.00 e. The number of hydrogen-bond donors (Lipinski definition) is 1. The summed E-state index contributed by atoms with van der Waals surface area (Å²) >= 11 is 0. The summed E-state index contributed by atoms with van der Waals surface area (Å²) in [5.74, 6) is 0. The maximum Gasteiger partial charge on any atom is 1.00 e. The van der Waals surface area contributed by atoms with Gasteiger partial charge in [-0.25, -0.2) is 0 Å². The third-order valence-corrected chi connectivity index (χ3v) is 1.58. The quantitative estimate of drug-likeness (QED) is 0.336. The second kappa shape index (κ2) is 9.19. The molecule has 5 heteroatoms. The van der Waals surface area contributed by atoms with Gasteiger partial charge in [0.2, 0.25) is 0 Å². The van der Waals surface area contributed by atoms with E-state index >= 15 is 0 Å². The van der Waals surface area contributed by atoms with E-state index in [2.05, 4.69) is 17.7 Å². The van der Waals surface area contributed by atoms with Crippen LogP contribution in [-0.4, -0.2) is 11.0 Å². The Morgan fingerprint density at radius 1 is 1.50 bits per heavy atom. The summed E-state index contributed by atoms with van der Waals surface area (Å²) in [6.45, 7) is 7.00. The molecule has 0 saturated heterocycles. The van der Waals surface area contributed by atoms with E-state index in [0.29, 0.717) is 12.8 Å². The van der Waals surface area contributed by atoms with Gasteiger partial charge in [-0.3, -0.25) is 0 Å². The maximum atomic E-state index is 10.2. The third kappa shape index (κ3) is 8.20. The molecule has 0 rings (SSSR count). The molecule has 1 unspecified atom stereocenters. The second-order valence-electron chi connectivity index (χ2n) is 2.01. The van der Waals surface area contributed by atoms with E-state index in [-0.39, 0.29) is 26.4 Å². The molecule has 0 aliphatic rings. The van der Waals surface area contributed by atoms with Gasteiger partial charge in [0.05, 0.1) is 0 Å². The van der Waals surface area contributed by atoms with Crippen molar-refractivity contribution in [2.75, 3.05) is 0 Å². The molecule has 1 atom stereocenters. The SMILES string of the molecule is C=CCC(CC=C)O[P+](=O)O.[H-].[Li+]. The van der Waals surface area contributed by atoms with E-state index in [1.54, 1.807) is 12.2 Å². The van der Waals surface area contributed by atoms with Crippen LogP contribution in [0.3, 0.4) is 0 Å². The molecule has 0 fully saturated rings. The summed E-state index contributed by atoms with van der Waals surface area (Å²) in [6, 6.07) is 0. The fourth-order valence-corrected chi connectivity index (χ4v) is 1.11. The fraction of sp³-hybridized carbons (Fsp3) is 0.429. The molecule has 64 valence electrons. The first-order valence-corrected chi connectivity index (χ1v) is 4.38. The van der Waals surface area contributed by atoms with Crippen LogP contribution in [0.2, 0.25) is 0 Å². The zero-order valence-electron chi connectivity index (χ0n) is 8.27. The van der Waals surface area contributed by atoms with Crippen LogP contribution >= 0.6 is 8.25 Å². The Morgan fingerprint density at radius 3 is 2.17 bits per heavy atom. The number of rotatable bonds is 6. The molecule has 0 saturated carbocycles. The van der Waals surface area contributed by atoms with Gasteiger partial charge in [-0.2, -0.15) is 0 Å². The normalized spacial score (nSPS) is 10.3. The molecule has 0 bridgehead atoms. The topological polar surface area (TPSA) is 46.5 Å². The minimum Gasteiger partial charge on any atom is -1.00 e. The van der Waals surface area contributed by atoms with Crippen molar-refractivity contribution in [1.29, 1.82) is 0 Å². The Labute approximate surface area is 87.1 Å². The molecule has 0 spiro atoms. The molecule has 0 aromatic heterocycles. The zero-order chi connectivity index (χ0) is 8.69. The maximum absolute atomic E-state index is 10.2. The van der Waals surface area contributed by atoms with Crippen LogP contribution < -0.4 is 18.9 Å². The van der Waals surface area contributed by atoms with Gasteiger partial charge in [-0.15, -0.1) is 22.6 Å². The van der Waals surface area contributed by atoms with Crippen molar-refractivity contribution in [2.45, 2.75) is 18.9 Å². The Morgan fingerprint density at radius 2 is 1.92 bits per heavy atom. The average molecular weight is 183 g/mol. The first-order valence-electron chi connectivity index (χ1n) is 3.25. The van der Waals surface area contributed by atoms with E-state index in [0.717, 1.165) is 0 Å². The van der Waals surface area contributed by atoms with Crippen molar-refractivity contribution in [3.05, 3.63) is 25.3 Å². The first-order chi connectivity index (χ1) is 5.20. The van der Waals surface area contributed by atoms with Gasteiger partial charge in [0.25, 0.3) is 0 Å². The Kier molecular flexibility index (Phi) is 11.2. The largest absolute Gasteiger partial charge is 1.00 e.